The zero-order chi connectivity index (χ0) is 47.9. The fraction of sp³-hybridized carbons (Fsp3) is 0.926. The number of hydrogen-bond acceptors (Lipinski definition) is 8. The molecule has 67 heavy (non-hydrogen) atoms. The Bertz CT molecular complexity index is 1750. The molecule has 0 spiro atoms. The quantitative estimate of drug-likeness (QED) is 0.176. The van der Waals surface area contributed by atoms with Crippen LogP contribution in [-0.2, 0) is 9.59 Å². The minimum Gasteiger partial charge on any atom is -0.390 e. The van der Waals surface area contributed by atoms with Gasteiger partial charge in [0.15, 0.2) is 0 Å². The molecule has 0 unspecified atom stereocenters. The van der Waals surface area contributed by atoms with Gasteiger partial charge in [-0.05, 0) is 199 Å². The highest BCUT2D eigenvalue weighted by atomic mass is 79.9. The molecule has 2 heterocycles. The lowest BCUT2D eigenvalue weighted by Gasteiger charge is -2.57. The SMILES string of the molecule is CNC(=O)N1CCN(CC(=O)[C@H]2CC[C@H]3[C@@H]4CC[C@@H]5C[C@](C)(O)CC[C@@H]5[C@H]4CC[C@]23C)CC1.CNC(=O)N1CCNCC1.C[C@@]1(O)CC[C@H]2[C@H](CC[C@@H]3[C@@H]2CC[C@]2(C)[C@@H](C(=O)CBr)CC[C@@H]32)C1. The number of carbonyl (C=O) groups excluding carboxylic acids is 4. The van der Waals surface area contributed by atoms with Crippen molar-refractivity contribution < 1.29 is 29.4 Å². The van der Waals surface area contributed by atoms with Crippen LogP contribution in [0.15, 0.2) is 0 Å². The van der Waals surface area contributed by atoms with Crippen molar-refractivity contribution in [1.29, 1.82) is 0 Å². The highest BCUT2D eigenvalue weighted by Crippen LogP contribution is 2.66. The van der Waals surface area contributed by atoms with Crippen LogP contribution in [0.25, 0.3) is 0 Å². The number of amides is 4. The summed E-state index contributed by atoms with van der Waals surface area (Å²) in [5.74, 6) is 9.34. The largest absolute Gasteiger partial charge is 0.390 e. The van der Waals surface area contributed by atoms with Crippen LogP contribution in [0.3, 0.4) is 0 Å². The molecule has 0 aromatic carbocycles. The van der Waals surface area contributed by atoms with E-state index in [1.165, 1.54) is 77.0 Å². The van der Waals surface area contributed by atoms with Crippen LogP contribution in [0.5, 0.6) is 0 Å². The van der Waals surface area contributed by atoms with Gasteiger partial charge in [-0.25, -0.2) is 9.59 Å². The average Bonchev–Trinajstić information content (AvgIpc) is 3.87. The van der Waals surface area contributed by atoms with Crippen LogP contribution >= 0.6 is 15.9 Å². The molecule has 8 aliphatic carbocycles. The van der Waals surface area contributed by atoms with Crippen LogP contribution in [-0.4, -0.2) is 138 Å². The zero-order valence-corrected chi connectivity index (χ0v) is 44.1. The van der Waals surface area contributed by atoms with E-state index in [0.717, 1.165) is 125 Å². The van der Waals surface area contributed by atoms with Crippen molar-refractivity contribution in [2.24, 2.45) is 81.8 Å². The predicted octanol–water partition coefficient (Wildman–Crippen LogP) is 7.73. The Balaban J connectivity index is 0.000000156. The van der Waals surface area contributed by atoms with Crippen LogP contribution in [0.4, 0.5) is 9.59 Å². The summed E-state index contributed by atoms with van der Waals surface area (Å²) in [6.45, 7) is 16.0. The fourth-order valence-corrected chi connectivity index (χ4v) is 18.3. The van der Waals surface area contributed by atoms with Gasteiger partial charge in [0.05, 0.1) is 23.1 Å². The predicted molar refractivity (Wildman–Crippen MR) is 268 cm³/mol. The molecule has 0 aromatic heterocycles. The molecule has 13 heteroatoms. The Morgan fingerprint density at radius 3 is 1.42 bits per heavy atom. The number of Topliss-reactive ketones (excluding diaryl/α,β-unsaturated/α-hetero) is 2. The normalized spacial score (nSPS) is 44.6. The van der Waals surface area contributed by atoms with Crippen molar-refractivity contribution in [2.75, 3.05) is 78.3 Å². The van der Waals surface area contributed by atoms with Gasteiger partial charge < -0.3 is 36.0 Å². The number of halogens is 1. The summed E-state index contributed by atoms with van der Waals surface area (Å²) >= 11 is 3.42. The van der Waals surface area contributed by atoms with E-state index in [-0.39, 0.29) is 28.8 Å². The van der Waals surface area contributed by atoms with Crippen molar-refractivity contribution in [2.45, 2.75) is 154 Å². The molecule has 5 N–H and O–H groups in total. The maximum atomic E-state index is 13.5. The number of rotatable bonds is 5. The standard InChI is InChI=1S/C27H45N3O3.C21H33BrO2.C6H13N3O/c1-26(33)10-8-19-18(16-26)4-5-21-20(19)9-11-27(2)22(21)6-7-23(27)24(31)17-29-12-14-30(15-13-29)25(32)28-3;1-20(24)9-7-14-13(11-20)3-4-16-15(14)8-10-21(2)17(16)5-6-18(21)19(23)12-22;1-7-6(10)9-4-2-8-3-5-9/h18-23,33H,4-17H2,1-3H3,(H,28,32);13-18,24H,3-12H2,1-2H3;8H,2-5H2,1H3,(H,7,10)/t18-,19+,20-,21-,22+,23-,26-,27+;13-,14+,15-,16-,17+,18-,20-,21+;/m11./s1. The number of nitrogens with zero attached hydrogens (tertiary/aromatic N) is 3. The molecule has 16 atom stereocenters. The van der Waals surface area contributed by atoms with Gasteiger partial charge in [0.25, 0.3) is 0 Å². The average molecular weight is 1000 g/mol. The number of nitrogens with one attached hydrogen (secondary N) is 3. The first kappa shape index (κ1) is 51.6. The van der Waals surface area contributed by atoms with Gasteiger partial charge in [-0.3, -0.25) is 14.5 Å². The first-order chi connectivity index (χ1) is 31.9. The van der Waals surface area contributed by atoms with E-state index in [1.807, 2.05) is 18.7 Å². The summed E-state index contributed by atoms with van der Waals surface area (Å²) in [6.07, 6.45) is 21.4. The van der Waals surface area contributed by atoms with Crippen LogP contribution < -0.4 is 16.0 Å². The monoisotopic (exact) mass is 999 g/mol. The molecule has 0 aromatic rings. The number of carbonyl (C=O) groups is 4. The van der Waals surface area contributed by atoms with Crippen LogP contribution in [0.1, 0.15) is 143 Å². The molecule has 380 valence electrons. The number of hydrogen-bond donors (Lipinski definition) is 5. The van der Waals surface area contributed by atoms with Crippen LogP contribution in [0.2, 0.25) is 0 Å². The summed E-state index contributed by atoms with van der Waals surface area (Å²) in [5.41, 5.74) is -0.431. The molecule has 2 saturated heterocycles. The second-order valence-corrected chi connectivity index (χ2v) is 25.4. The van der Waals surface area contributed by atoms with Crippen LogP contribution in [0, 0.1) is 81.8 Å². The van der Waals surface area contributed by atoms with Gasteiger partial charge in [0.2, 0.25) is 0 Å². The molecule has 12 nitrogen and oxygen atoms in total. The second kappa shape index (κ2) is 21.1. The van der Waals surface area contributed by atoms with Crippen molar-refractivity contribution in [1.82, 2.24) is 30.7 Å². The van der Waals surface area contributed by atoms with E-state index in [1.54, 1.807) is 19.0 Å². The maximum absolute atomic E-state index is 13.5. The van der Waals surface area contributed by atoms with Crippen molar-refractivity contribution in [3.63, 3.8) is 0 Å². The summed E-state index contributed by atoms with van der Waals surface area (Å²) < 4.78 is 0. The van der Waals surface area contributed by atoms with Crippen molar-refractivity contribution in [3.05, 3.63) is 0 Å². The fourth-order valence-electron chi connectivity index (χ4n) is 17.9. The number of fused-ring (bicyclic) bond motifs is 10. The van der Waals surface area contributed by atoms with E-state index in [0.29, 0.717) is 54.3 Å². The number of alkyl halides is 1. The Morgan fingerprint density at radius 2 is 0.970 bits per heavy atom. The van der Waals surface area contributed by atoms with E-state index >= 15 is 0 Å². The number of urea groups is 2. The Hall–Kier alpha value is -1.80. The third-order valence-electron chi connectivity index (χ3n) is 21.3. The minimum atomic E-state index is -0.451. The highest BCUT2D eigenvalue weighted by molar-refractivity contribution is 9.09. The molecule has 10 aliphatic rings. The lowest BCUT2D eigenvalue weighted by Crippen LogP contribution is -2.53. The molecule has 10 fully saturated rings. The molecule has 4 amide bonds. The number of ketones is 2. The van der Waals surface area contributed by atoms with Gasteiger partial charge in [-0.1, -0.05) is 29.8 Å². The Morgan fingerprint density at radius 1 is 0.537 bits per heavy atom. The minimum absolute atomic E-state index is 0.0137. The summed E-state index contributed by atoms with van der Waals surface area (Å²) in [6, 6.07) is 0.0154. The third-order valence-corrected chi connectivity index (χ3v) is 21.8. The van der Waals surface area contributed by atoms with Gasteiger partial charge in [-0.2, -0.15) is 0 Å². The highest BCUT2D eigenvalue weighted by Gasteiger charge is 2.60. The lowest BCUT2D eigenvalue weighted by molar-refractivity contribution is -0.133. The van der Waals surface area contributed by atoms with E-state index in [2.05, 4.69) is 50.6 Å². The van der Waals surface area contributed by atoms with E-state index in [9.17, 15) is 29.4 Å². The summed E-state index contributed by atoms with van der Waals surface area (Å²) in [5, 5.41) is 30.1. The first-order valence-electron chi connectivity index (χ1n) is 27.3. The summed E-state index contributed by atoms with van der Waals surface area (Å²) in [4.78, 5) is 54.7. The molecular weight excluding hydrogens is 909 g/mol. The lowest BCUT2D eigenvalue weighted by atomic mass is 9.49. The Kier molecular flexibility index (Phi) is 16.2. The Labute approximate surface area is 412 Å². The second-order valence-electron chi connectivity index (χ2n) is 24.9. The molecule has 0 bridgehead atoms. The first-order valence-corrected chi connectivity index (χ1v) is 28.5. The van der Waals surface area contributed by atoms with Gasteiger partial charge in [0.1, 0.15) is 11.6 Å². The molecule has 0 radical (unpaired) electrons. The summed E-state index contributed by atoms with van der Waals surface area (Å²) in [7, 11) is 3.33. The van der Waals surface area contributed by atoms with Gasteiger partial charge in [0, 0.05) is 78.3 Å². The van der Waals surface area contributed by atoms with E-state index < -0.39 is 11.2 Å². The third kappa shape index (κ3) is 10.7. The molecule has 10 rings (SSSR count). The van der Waals surface area contributed by atoms with Gasteiger partial charge in [-0.15, -0.1) is 0 Å². The van der Waals surface area contributed by atoms with E-state index in [4.69, 9.17) is 0 Å². The number of aliphatic hydroxyl groups is 2. The van der Waals surface area contributed by atoms with Crippen molar-refractivity contribution in [3.8, 4) is 0 Å². The number of piperazine rings is 2. The molecule has 2 aliphatic heterocycles. The zero-order valence-electron chi connectivity index (χ0n) is 42.5. The molecule has 8 saturated carbocycles. The topological polar surface area (TPSA) is 155 Å². The van der Waals surface area contributed by atoms with Gasteiger partial charge >= 0.3 is 12.1 Å². The molecular formula is C54H91BrN6O6. The maximum Gasteiger partial charge on any atom is 0.317 e. The van der Waals surface area contributed by atoms with Crippen molar-refractivity contribution >= 4 is 39.6 Å². The smallest absolute Gasteiger partial charge is 0.317 e.